The van der Waals surface area contributed by atoms with E-state index in [2.05, 4.69) is 39.8 Å². The van der Waals surface area contributed by atoms with Crippen LogP contribution in [0, 0.1) is 5.92 Å². The molecule has 6 rings (SSSR count). The Hall–Kier alpha value is -2.53. The van der Waals surface area contributed by atoms with Crippen molar-refractivity contribution in [3.05, 3.63) is 17.1 Å². The molecule has 2 bridgehead atoms. The number of hydrogen-bond donors (Lipinski definition) is 0. The number of carbonyl (C=O) groups excluding carboxylic acids is 1. The predicted octanol–water partition coefficient (Wildman–Crippen LogP) is 5.72. The topological polar surface area (TPSA) is 114 Å². The number of carbonyl (C=O) groups is 1. The van der Waals surface area contributed by atoms with Crippen molar-refractivity contribution < 1.29 is 26.7 Å². The predicted molar refractivity (Wildman–Crippen MR) is 181 cm³/mol. The lowest BCUT2D eigenvalue weighted by Gasteiger charge is -2.43. The van der Waals surface area contributed by atoms with E-state index in [1.54, 1.807) is 23.9 Å². The number of fused-ring (bicyclic) bond motifs is 3. The van der Waals surface area contributed by atoms with Gasteiger partial charge < -0.3 is 14.5 Å². The first-order valence-electron chi connectivity index (χ1n) is 16.3. The number of benzene rings is 1. The first-order valence-corrected chi connectivity index (χ1v) is 22.3. The molecule has 2 aromatic heterocycles. The third-order valence-electron chi connectivity index (χ3n) is 9.66. The van der Waals surface area contributed by atoms with Gasteiger partial charge in [-0.3, -0.25) is 9.48 Å². The number of rotatable bonds is 12. The summed E-state index contributed by atoms with van der Waals surface area (Å²) < 4.78 is 65.4. The largest absolute Gasteiger partial charge is 0.366 e. The van der Waals surface area contributed by atoms with E-state index < -0.39 is 35.1 Å². The number of sulfonamides is 1. The number of aromatic nitrogens is 4. The number of alkyl halides is 2. The molecule has 0 radical (unpaired) electrons. The highest BCUT2D eigenvalue weighted by molar-refractivity contribution is 7.89. The summed E-state index contributed by atoms with van der Waals surface area (Å²) in [5.41, 5.74) is 1.09. The van der Waals surface area contributed by atoms with Crippen LogP contribution in [0.3, 0.4) is 0 Å². The van der Waals surface area contributed by atoms with E-state index in [9.17, 15) is 22.0 Å². The molecule has 16 heteroatoms. The minimum atomic E-state index is -4.07. The standard InChI is InChI=1S/C31H45F2N7O4S2Si/c1-19(2)30(41)40-20-8-9-21(40)17-38(16-20)24-15-22(46(42,43)39(31(3)10-11-31)18-44-12-13-47(5,6)7)14-23-25(36-37(4)26(23)24)28-34-35-29(45-28)27(32)33/h14-15,19-21,27H,8-13,16-18H2,1-7H3. The van der Waals surface area contributed by atoms with Crippen molar-refractivity contribution in [1.29, 1.82) is 0 Å². The van der Waals surface area contributed by atoms with Crippen LogP contribution in [0.1, 0.15) is 57.9 Å². The van der Waals surface area contributed by atoms with Gasteiger partial charge in [0.05, 0.1) is 16.1 Å². The number of aryl methyl sites for hydroxylation is 1. The van der Waals surface area contributed by atoms with Gasteiger partial charge in [0.25, 0.3) is 6.43 Å². The minimum absolute atomic E-state index is 0.00469. The fraction of sp³-hybridized carbons (Fsp3) is 0.677. The molecule has 3 fully saturated rings. The van der Waals surface area contributed by atoms with Gasteiger partial charge in [0.2, 0.25) is 15.9 Å². The SMILES string of the molecule is CC(C)C(=O)N1C2CCC1CN(c1cc(S(=O)(=O)N(COCC[Si](C)(C)C)C3(C)CC3)cc3c(-c4nnc(C(F)F)s4)nn(C)c13)C2. The molecule has 11 nitrogen and oxygen atoms in total. The van der Waals surface area contributed by atoms with Crippen LogP contribution in [0.4, 0.5) is 14.5 Å². The van der Waals surface area contributed by atoms with Crippen LogP contribution in [0.2, 0.25) is 25.7 Å². The van der Waals surface area contributed by atoms with Gasteiger partial charge in [-0.05, 0) is 50.8 Å². The van der Waals surface area contributed by atoms with Gasteiger partial charge in [-0.25, -0.2) is 17.2 Å². The molecule has 1 amide bonds. The molecule has 4 heterocycles. The molecular formula is C31H45F2N7O4S2Si. The van der Waals surface area contributed by atoms with E-state index in [1.807, 2.05) is 25.7 Å². The fourth-order valence-electron chi connectivity index (χ4n) is 6.69. The zero-order valence-corrected chi connectivity index (χ0v) is 30.8. The Morgan fingerprint density at radius 1 is 1.15 bits per heavy atom. The number of piperazine rings is 1. The zero-order valence-electron chi connectivity index (χ0n) is 28.2. The Kier molecular flexibility index (Phi) is 9.07. The van der Waals surface area contributed by atoms with Gasteiger partial charge in [0.15, 0.2) is 10.0 Å². The molecule has 1 aliphatic carbocycles. The summed E-state index contributed by atoms with van der Waals surface area (Å²) in [6, 6.07) is 4.24. The van der Waals surface area contributed by atoms with Crippen LogP contribution in [0.5, 0.6) is 0 Å². The van der Waals surface area contributed by atoms with Crippen molar-refractivity contribution in [2.45, 2.75) is 101 Å². The van der Waals surface area contributed by atoms with E-state index in [0.717, 1.165) is 43.1 Å². The van der Waals surface area contributed by atoms with E-state index in [0.29, 0.717) is 42.0 Å². The maximum absolute atomic E-state index is 14.6. The lowest BCUT2D eigenvalue weighted by atomic mass is 10.1. The number of ether oxygens (including phenoxy) is 1. The van der Waals surface area contributed by atoms with E-state index in [4.69, 9.17) is 4.74 Å². The Bertz CT molecular complexity index is 1760. The highest BCUT2D eigenvalue weighted by Gasteiger charge is 2.50. The summed E-state index contributed by atoms with van der Waals surface area (Å²) in [7, 11) is -3.69. The van der Waals surface area contributed by atoms with Crippen LogP contribution in [0.25, 0.3) is 21.6 Å². The summed E-state index contributed by atoms with van der Waals surface area (Å²) in [5, 5.41) is 12.6. The summed E-state index contributed by atoms with van der Waals surface area (Å²) in [6.07, 6.45) is 0.427. The van der Waals surface area contributed by atoms with Gasteiger partial charge in [-0.1, -0.05) is 44.8 Å². The van der Waals surface area contributed by atoms with Crippen molar-refractivity contribution in [2.75, 3.05) is 31.3 Å². The van der Waals surface area contributed by atoms with E-state index >= 15 is 0 Å². The summed E-state index contributed by atoms with van der Waals surface area (Å²) in [6.45, 7) is 14.1. The molecule has 0 spiro atoms. The number of halogens is 2. The van der Waals surface area contributed by atoms with Crippen LogP contribution in [-0.2, 0) is 26.6 Å². The van der Waals surface area contributed by atoms with Gasteiger partial charge in [0.1, 0.15) is 12.4 Å². The molecule has 47 heavy (non-hydrogen) atoms. The van der Waals surface area contributed by atoms with Gasteiger partial charge >= 0.3 is 0 Å². The lowest BCUT2D eigenvalue weighted by molar-refractivity contribution is -0.137. The minimum Gasteiger partial charge on any atom is -0.366 e. The molecule has 3 aromatic rings. The third-order valence-corrected chi connectivity index (χ3v) is 14.3. The quantitative estimate of drug-likeness (QED) is 0.133. The first kappa shape index (κ1) is 34.3. The monoisotopic (exact) mass is 709 g/mol. The fourth-order valence-corrected chi connectivity index (χ4v) is 9.90. The first-order chi connectivity index (χ1) is 22.0. The maximum atomic E-state index is 14.6. The highest BCUT2D eigenvalue weighted by atomic mass is 32.2. The second-order valence-electron chi connectivity index (χ2n) is 14.9. The number of amides is 1. The van der Waals surface area contributed by atoms with Crippen molar-refractivity contribution in [1.82, 2.24) is 29.2 Å². The smallest absolute Gasteiger partial charge is 0.291 e. The number of anilines is 1. The van der Waals surface area contributed by atoms with E-state index in [-0.39, 0.29) is 40.5 Å². The Morgan fingerprint density at radius 3 is 2.36 bits per heavy atom. The van der Waals surface area contributed by atoms with Crippen LogP contribution in [-0.4, -0.2) is 95.6 Å². The second kappa shape index (κ2) is 12.4. The molecule has 0 N–H and O–H groups in total. The molecule has 3 aliphatic rings. The van der Waals surface area contributed by atoms with Gasteiger partial charge in [0, 0.05) is 63.7 Å². The third kappa shape index (κ3) is 6.59. The van der Waals surface area contributed by atoms with Crippen LogP contribution < -0.4 is 4.90 Å². The second-order valence-corrected chi connectivity index (χ2v) is 23.4. The molecule has 2 aliphatic heterocycles. The average Bonchev–Trinajstić information content (AvgIpc) is 3.29. The van der Waals surface area contributed by atoms with Crippen LogP contribution in [0.15, 0.2) is 17.0 Å². The normalized spacial score (nSPS) is 21.2. The molecular weight excluding hydrogens is 665 g/mol. The maximum Gasteiger partial charge on any atom is 0.291 e. The lowest BCUT2D eigenvalue weighted by Crippen LogP contribution is -2.57. The Balaban J connectivity index is 1.45. The molecule has 2 atom stereocenters. The molecule has 258 valence electrons. The molecule has 1 saturated carbocycles. The van der Waals surface area contributed by atoms with Gasteiger partial charge in [-0.2, -0.15) is 9.40 Å². The highest BCUT2D eigenvalue weighted by Crippen LogP contribution is 2.46. The summed E-state index contributed by atoms with van der Waals surface area (Å²) in [4.78, 5) is 17.4. The van der Waals surface area contributed by atoms with Crippen LogP contribution >= 0.6 is 11.3 Å². The summed E-state index contributed by atoms with van der Waals surface area (Å²) >= 11 is 0.748. The Labute approximate surface area is 280 Å². The summed E-state index contributed by atoms with van der Waals surface area (Å²) in [5.74, 6) is 0.0206. The van der Waals surface area contributed by atoms with Crippen molar-refractivity contribution in [3.8, 4) is 10.7 Å². The number of nitrogens with zero attached hydrogens (tertiary/aromatic N) is 7. The van der Waals surface area contributed by atoms with Crippen molar-refractivity contribution in [3.63, 3.8) is 0 Å². The zero-order chi connectivity index (χ0) is 34.1. The van der Waals surface area contributed by atoms with Crippen molar-refractivity contribution >= 4 is 51.9 Å². The number of hydrogen-bond acceptors (Lipinski definition) is 9. The molecule has 1 aromatic carbocycles. The van der Waals surface area contributed by atoms with E-state index in [1.165, 1.54) is 4.31 Å². The molecule has 2 unspecified atom stereocenters. The van der Waals surface area contributed by atoms with Gasteiger partial charge in [-0.15, -0.1) is 10.2 Å². The molecule has 2 saturated heterocycles. The van der Waals surface area contributed by atoms with Crippen molar-refractivity contribution in [2.24, 2.45) is 13.0 Å². The Morgan fingerprint density at radius 2 is 1.81 bits per heavy atom. The average molecular weight is 710 g/mol.